The first-order chi connectivity index (χ1) is 7.49. The maximum atomic E-state index is 10.7. The van der Waals surface area contributed by atoms with Crippen molar-refractivity contribution in [2.45, 2.75) is 51.2 Å². The standard InChI is InChI=1S/C14H21NO/c1-10-6-11(2)8-12(7-10)14(16)5-3-4-13(15)9-14/h6-8,13,16H,3-5,9,15H2,1-2H3. The smallest absolute Gasteiger partial charge is 0.0911 e. The van der Waals surface area contributed by atoms with Crippen LogP contribution >= 0.6 is 0 Å². The largest absolute Gasteiger partial charge is 0.385 e. The SMILES string of the molecule is Cc1cc(C)cc(C2(O)CCCC(N)C2)c1. The van der Waals surface area contributed by atoms with Crippen molar-refractivity contribution in [3.63, 3.8) is 0 Å². The van der Waals surface area contributed by atoms with Gasteiger partial charge >= 0.3 is 0 Å². The van der Waals surface area contributed by atoms with E-state index in [-0.39, 0.29) is 6.04 Å². The van der Waals surface area contributed by atoms with Gasteiger partial charge in [0, 0.05) is 6.04 Å². The molecule has 1 aromatic carbocycles. The van der Waals surface area contributed by atoms with Crippen molar-refractivity contribution >= 4 is 0 Å². The Bertz CT molecular complexity index is 368. The fourth-order valence-corrected chi connectivity index (χ4v) is 2.80. The van der Waals surface area contributed by atoms with Crippen LogP contribution < -0.4 is 5.73 Å². The second-order valence-corrected chi connectivity index (χ2v) is 5.26. The van der Waals surface area contributed by atoms with E-state index in [2.05, 4.69) is 32.0 Å². The lowest BCUT2D eigenvalue weighted by atomic mass is 9.77. The molecule has 1 aliphatic carbocycles. The molecule has 0 aromatic heterocycles. The van der Waals surface area contributed by atoms with E-state index in [0.717, 1.165) is 24.8 Å². The third kappa shape index (κ3) is 2.28. The number of aryl methyl sites for hydroxylation is 2. The summed E-state index contributed by atoms with van der Waals surface area (Å²) in [4.78, 5) is 0. The average Bonchev–Trinajstić information content (AvgIpc) is 2.15. The summed E-state index contributed by atoms with van der Waals surface area (Å²) in [5, 5.41) is 10.7. The van der Waals surface area contributed by atoms with Crippen molar-refractivity contribution in [3.8, 4) is 0 Å². The monoisotopic (exact) mass is 219 g/mol. The highest BCUT2D eigenvalue weighted by Crippen LogP contribution is 2.37. The highest BCUT2D eigenvalue weighted by atomic mass is 16.3. The molecule has 2 unspecified atom stereocenters. The maximum absolute atomic E-state index is 10.7. The van der Waals surface area contributed by atoms with Gasteiger partial charge in [0.15, 0.2) is 0 Å². The van der Waals surface area contributed by atoms with Crippen LogP contribution in [0.15, 0.2) is 18.2 Å². The van der Waals surface area contributed by atoms with Crippen LogP contribution in [0, 0.1) is 13.8 Å². The molecule has 0 amide bonds. The van der Waals surface area contributed by atoms with Crippen molar-refractivity contribution in [2.24, 2.45) is 5.73 Å². The van der Waals surface area contributed by atoms with Crippen LogP contribution in [-0.4, -0.2) is 11.1 Å². The molecule has 1 saturated carbocycles. The summed E-state index contributed by atoms with van der Waals surface area (Å²) in [5.74, 6) is 0. The summed E-state index contributed by atoms with van der Waals surface area (Å²) in [6, 6.07) is 6.45. The molecular weight excluding hydrogens is 198 g/mol. The zero-order chi connectivity index (χ0) is 11.8. The topological polar surface area (TPSA) is 46.2 Å². The fraction of sp³-hybridized carbons (Fsp3) is 0.571. The van der Waals surface area contributed by atoms with E-state index in [1.165, 1.54) is 11.1 Å². The number of rotatable bonds is 1. The minimum absolute atomic E-state index is 0.138. The quantitative estimate of drug-likeness (QED) is 0.762. The molecule has 0 aliphatic heterocycles. The summed E-state index contributed by atoms with van der Waals surface area (Å²) < 4.78 is 0. The van der Waals surface area contributed by atoms with Crippen LogP contribution in [0.3, 0.4) is 0 Å². The molecule has 2 rings (SSSR count). The molecule has 0 spiro atoms. The van der Waals surface area contributed by atoms with Gasteiger partial charge in [-0.1, -0.05) is 29.3 Å². The third-order valence-corrected chi connectivity index (χ3v) is 3.52. The first kappa shape index (κ1) is 11.6. The summed E-state index contributed by atoms with van der Waals surface area (Å²) >= 11 is 0. The molecule has 0 bridgehead atoms. The van der Waals surface area contributed by atoms with Gasteiger partial charge in [-0.2, -0.15) is 0 Å². The van der Waals surface area contributed by atoms with E-state index in [9.17, 15) is 5.11 Å². The Labute approximate surface area is 97.5 Å². The molecule has 0 heterocycles. The van der Waals surface area contributed by atoms with E-state index in [1.54, 1.807) is 0 Å². The Hall–Kier alpha value is -0.860. The van der Waals surface area contributed by atoms with Crippen molar-refractivity contribution in [2.75, 3.05) is 0 Å². The van der Waals surface area contributed by atoms with Crippen LogP contribution in [0.25, 0.3) is 0 Å². The second-order valence-electron chi connectivity index (χ2n) is 5.26. The van der Waals surface area contributed by atoms with Crippen LogP contribution in [0.4, 0.5) is 0 Å². The van der Waals surface area contributed by atoms with Gasteiger partial charge < -0.3 is 10.8 Å². The zero-order valence-corrected chi connectivity index (χ0v) is 10.2. The van der Waals surface area contributed by atoms with E-state index < -0.39 is 5.60 Å². The highest BCUT2D eigenvalue weighted by Gasteiger charge is 2.34. The lowest BCUT2D eigenvalue weighted by Gasteiger charge is -2.36. The number of hydrogen-bond acceptors (Lipinski definition) is 2. The van der Waals surface area contributed by atoms with Crippen molar-refractivity contribution in [1.82, 2.24) is 0 Å². The predicted molar refractivity (Wildman–Crippen MR) is 66.3 cm³/mol. The van der Waals surface area contributed by atoms with E-state index in [1.807, 2.05) is 0 Å². The van der Waals surface area contributed by atoms with Gasteiger partial charge in [-0.05, 0) is 45.1 Å². The Morgan fingerprint density at radius 3 is 2.44 bits per heavy atom. The minimum Gasteiger partial charge on any atom is -0.385 e. The van der Waals surface area contributed by atoms with Gasteiger partial charge in [0.1, 0.15) is 0 Å². The normalized spacial score (nSPS) is 30.4. The Kier molecular flexibility index (Phi) is 3.04. The number of benzene rings is 1. The highest BCUT2D eigenvalue weighted by molar-refractivity contribution is 5.33. The molecule has 0 saturated heterocycles. The average molecular weight is 219 g/mol. The van der Waals surface area contributed by atoms with E-state index in [4.69, 9.17) is 5.73 Å². The molecule has 2 heteroatoms. The van der Waals surface area contributed by atoms with Crippen molar-refractivity contribution < 1.29 is 5.11 Å². The van der Waals surface area contributed by atoms with Gasteiger partial charge in [0.25, 0.3) is 0 Å². The molecule has 2 nitrogen and oxygen atoms in total. The van der Waals surface area contributed by atoms with Crippen LogP contribution in [0.1, 0.15) is 42.4 Å². The van der Waals surface area contributed by atoms with Crippen molar-refractivity contribution in [3.05, 3.63) is 34.9 Å². The Morgan fingerprint density at radius 2 is 1.88 bits per heavy atom. The molecule has 3 N–H and O–H groups in total. The van der Waals surface area contributed by atoms with Crippen LogP contribution in [-0.2, 0) is 5.60 Å². The van der Waals surface area contributed by atoms with E-state index in [0.29, 0.717) is 6.42 Å². The molecule has 1 fully saturated rings. The van der Waals surface area contributed by atoms with Gasteiger partial charge in [0.2, 0.25) is 0 Å². The molecule has 1 aromatic rings. The zero-order valence-electron chi connectivity index (χ0n) is 10.2. The number of aliphatic hydroxyl groups is 1. The second kappa shape index (κ2) is 4.19. The maximum Gasteiger partial charge on any atom is 0.0911 e. The molecule has 0 radical (unpaired) electrons. The van der Waals surface area contributed by atoms with Crippen LogP contribution in [0.2, 0.25) is 0 Å². The number of hydrogen-bond donors (Lipinski definition) is 2. The summed E-state index contributed by atoms with van der Waals surface area (Å²) in [7, 11) is 0. The predicted octanol–water partition coefficient (Wildman–Crippen LogP) is 2.39. The van der Waals surface area contributed by atoms with Crippen molar-refractivity contribution in [1.29, 1.82) is 0 Å². The summed E-state index contributed by atoms with van der Waals surface area (Å²) in [6.07, 6.45) is 3.58. The van der Waals surface area contributed by atoms with Gasteiger partial charge in [-0.3, -0.25) is 0 Å². The molecular formula is C14H21NO. The van der Waals surface area contributed by atoms with Gasteiger partial charge in [-0.15, -0.1) is 0 Å². The van der Waals surface area contributed by atoms with Gasteiger partial charge in [-0.25, -0.2) is 0 Å². The molecule has 88 valence electrons. The number of nitrogens with two attached hydrogens (primary N) is 1. The molecule has 1 aliphatic rings. The minimum atomic E-state index is -0.700. The summed E-state index contributed by atoms with van der Waals surface area (Å²) in [5.41, 5.74) is 8.73. The van der Waals surface area contributed by atoms with Gasteiger partial charge in [0.05, 0.1) is 5.60 Å². The van der Waals surface area contributed by atoms with E-state index >= 15 is 0 Å². The Balaban J connectivity index is 2.34. The lowest BCUT2D eigenvalue weighted by Crippen LogP contribution is -2.39. The molecule has 16 heavy (non-hydrogen) atoms. The van der Waals surface area contributed by atoms with Crippen LogP contribution in [0.5, 0.6) is 0 Å². The first-order valence-corrected chi connectivity index (χ1v) is 6.06. The molecule has 2 atom stereocenters. The Morgan fingerprint density at radius 1 is 1.25 bits per heavy atom. The third-order valence-electron chi connectivity index (χ3n) is 3.52. The lowest BCUT2D eigenvalue weighted by molar-refractivity contribution is -0.00726. The fourth-order valence-electron chi connectivity index (χ4n) is 2.80. The summed E-state index contributed by atoms with van der Waals surface area (Å²) in [6.45, 7) is 4.14. The first-order valence-electron chi connectivity index (χ1n) is 6.06.